The minimum Gasteiger partial charge on any atom is -0.317 e. The Kier molecular flexibility index (Phi) is 3.99. The van der Waals surface area contributed by atoms with Crippen molar-refractivity contribution in [1.29, 1.82) is 0 Å². The molecule has 0 aromatic heterocycles. The van der Waals surface area contributed by atoms with E-state index in [1.807, 2.05) is 0 Å². The second-order valence-electron chi connectivity index (χ2n) is 9.70. The normalized spacial score (nSPS) is 52.8. The molecule has 4 aliphatic rings. The van der Waals surface area contributed by atoms with Crippen molar-refractivity contribution >= 4 is 5.78 Å². The van der Waals surface area contributed by atoms with Gasteiger partial charge >= 0.3 is 0 Å². The maximum Gasteiger partial charge on any atom is 0.159 e. The number of carbonyl (C=O) groups is 1. The first kappa shape index (κ1) is 16.8. The average Bonchev–Trinajstić information content (AvgIpc) is 2.83. The Labute approximate surface area is 147 Å². The zero-order valence-electron chi connectivity index (χ0n) is 16.0. The zero-order chi connectivity index (χ0) is 17.1. The highest BCUT2D eigenvalue weighted by atomic mass is 16.1. The summed E-state index contributed by atoms with van der Waals surface area (Å²) in [5.41, 5.74) is 1.87. The lowest BCUT2D eigenvalue weighted by Gasteiger charge is -2.60. The monoisotopic (exact) mass is 329 g/mol. The molecule has 24 heavy (non-hydrogen) atoms. The predicted octanol–water partition coefficient (Wildman–Crippen LogP) is 4.74. The van der Waals surface area contributed by atoms with Gasteiger partial charge in [0.15, 0.2) is 5.78 Å². The van der Waals surface area contributed by atoms with E-state index in [-0.39, 0.29) is 5.41 Å². The van der Waals surface area contributed by atoms with Gasteiger partial charge < -0.3 is 5.32 Å². The largest absolute Gasteiger partial charge is 0.317 e. The van der Waals surface area contributed by atoms with E-state index < -0.39 is 0 Å². The second-order valence-corrected chi connectivity index (χ2v) is 9.70. The fourth-order valence-electron chi connectivity index (χ4n) is 7.67. The third-order valence-corrected chi connectivity index (χ3v) is 9.07. The second kappa shape index (κ2) is 5.69. The van der Waals surface area contributed by atoms with Crippen LogP contribution in [-0.4, -0.2) is 18.9 Å². The summed E-state index contributed by atoms with van der Waals surface area (Å²) in [6.45, 7) is 7.08. The Hall–Kier alpha value is -0.630. The molecule has 4 rings (SSSR count). The van der Waals surface area contributed by atoms with Crippen molar-refractivity contribution in [2.24, 2.45) is 34.5 Å². The molecule has 0 bridgehead atoms. The van der Waals surface area contributed by atoms with Gasteiger partial charge in [0.2, 0.25) is 0 Å². The van der Waals surface area contributed by atoms with E-state index in [4.69, 9.17) is 0 Å². The summed E-state index contributed by atoms with van der Waals surface area (Å²) in [6, 6.07) is 0.733. The number of carbonyl (C=O) groups excluding carboxylic acids is 1. The fraction of sp³-hybridized carbons (Fsp3) is 0.864. The van der Waals surface area contributed by atoms with Gasteiger partial charge in [0.25, 0.3) is 0 Å². The highest BCUT2D eigenvalue weighted by Crippen LogP contribution is 2.66. The number of Topliss-reactive ketones (excluding diaryl/α,β-unsaturated/α-hetero) is 1. The Morgan fingerprint density at radius 2 is 1.88 bits per heavy atom. The quantitative estimate of drug-likeness (QED) is 0.704. The van der Waals surface area contributed by atoms with Crippen LogP contribution in [0.3, 0.4) is 0 Å². The average molecular weight is 330 g/mol. The van der Waals surface area contributed by atoms with Crippen LogP contribution < -0.4 is 5.32 Å². The smallest absolute Gasteiger partial charge is 0.159 e. The molecule has 0 aromatic carbocycles. The lowest BCUT2D eigenvalue weighted by Crippen LogP contribution is -2.54. The van der Waals surface area contributed by atoms with Gasteiger partial charge in [0, 0.05) is 12.5 Å². The van der Waals surface area contributed by atoms with Crippen LogP contribution in [0.2, 0.25) is 0 Å². The van der Waals surface area contributed by atoms with Crippen molar-refractivity contribution in [1.82, 2.24) is 5.32 Å². The molecule has 0 spiro atoms. The van der Waals surface area contributed by atoms with Gasteiger partial charge in [-0.15, -0.1) is 0 Å². The van der Waals surface area contributed by atoms with E-state index in [1.54, 1.807) is 0 Å². The lowest BCUT2D eigenvalue weighted by molar-refractivity contribution is -0.116. The summed E-state index contributed by atoms with van der Waals surface area (Å²) < 4.78 is 0. The zero-order valence-corrected chi connectivity index (χ0v) is 16.0. The van der Waals surface area contributed by atoms with Crippen LogP contribution in [0, 0.1) is 34.5 Å². The van der Waals surface area contributed by atoms with Crippen LogP contribution in [0.25, 0.3) is 0 Å². The van der Waals surface area contributed by atoms with Crippen LogP contribution in [0.5, 0.6) is 0 Å². The molecule has 0 aliphatic heterocycles. The lowest BCUT2D eigenvalue weighted by atomic mass is 9.45. The van der Waals surface area contributed by atoms with E-state index in [0.29, 0.717) is 17.1 Å². The third kappa shape index (κ3) is 2.14. The van der Waals surface area contributed by atoms with E-state index in [1.165, 1.54) is 44.9 Å². The molecule has 4 fully saturated rings. The molecule has 7 atom stereocenters. The van der Waals surface area contributed by atoms with Crippen molar-refractivity contribution in [3.8, 4) is 0 Å². The van der Waals surface area contributed by atoms with Gasteiger partial charge in [-0.3, -0.25) is 4.79 Å². The summed E-state index contributed by atoms with van der Waals surface area (Å²) in [7, 11) is 2.13. The molecule has 4 aliphatic carbocycles. The molecule has 0 radical (unpaired) electrons. The van der Waals surface area contributed by atoms with Crippen LogP contribution in [-0.2, 0) is 4.79 Å². The van der Waals surface area contributed by atoms with E-state index in [2.05, 4.69) is 39.2 Å². The van der Waals surface area contributed by atoms with E-state index >= 15 is 0 Å². The minimum atomic E-state index is 0.179. The van der Waals surface area contributed by atoms with Gasteiger partial charge in [0.05, 0.1) is 0 Å². The first-order valence-corrected chi connectivity index (χ1v) is 10.3. The van der Waals surface area contributed by atoms with Crippen LogP contribution >= 0.6 is 0 Å². The van der Waals surface area contributed by atoms with E-state index in [9.17, 15) is 4.79 Å². The SMILES string of the molecule is C/C=C1/C(=O)C[C@H]2[C@@H]3CCC4C[C@@H](NC)CC[C@]4(C)[C@H]3CC[C@]12C. The molecule has 2 heteroatoms. The maximum absolute atomic E-state index is 12.6. The number of hydrogen-bond acceptors (Lipinski definition) is 2. The Morgan fingerprint density at radius 3 is 2.58 bits per heavy atom. The summed E-state index contributed by atoms with van der Waals surface area (Å²) in [5, 5.41) is 3.54. The van der Waals surface area contributed by atoms with Crippen LogP contribution in [0.15, 0.2) is 11.6 Å². The molecule has 0 saturated heterocycles. The van der Waals surface area contributed by atoms with Gasteiger partial charge in [0.1, 0.15) is 0 Å². The Morgan fingerprint density at radius 1 is 1.08 bits per heavy atom. The summed E-state index contributed by atoms with van der Waals surface area (Å²) in [6.07, 6.45) is 12.4. The molecule has 0 aromatic rings. The summed E-state index contributed by atoms with van der Waals surface area (Å²) >= 11 is 0. The standard InChI is InChI=1S/C22H35NO/c1-5-17-20(24)13-19-16-7-6-14-12-15(23-4)8-10-21(14,2)18(16)9-11-22(17,19)3/h5,14-16,18-19,23H,6-13H2,1-4H3/b17-5-/t14?,15-,16+,18-,19-,21-,22+/m0/s1. The molecular weight excluding hydrogens is 294 g/mol. The third-order valence-electron chi connectivity index (χ3n) is 9.07. The summed E-state index contributed by atoms with van der Waals surface area (Å²) in [5.74, 6) is 3.62. The molecule has 134 valence electrons. The number of ketones is 1. The van der Waals surface area contributed by atoms with Crippen LogP contribution in [0.1, 0.15) is 72.1 Å². The Balaban J connectivity index is 1.63. The Bertz CT molecular complexity index is 566. The van der Waals surface area contributed by atoms with Crippen LogP contribution in [0.4, 0.5) is 0 Å². The number of nitrogens with one attached hydrogen (secondary N) is 1. The molecule has 1 N–H and O–H groups in total. The maximum atomic E-state index is 12.6. The first-order chi connectivity index (χ1) is 11.4. The topological polar surface area (TPSA) is 29.1 Å². The molecule has 4 saturated carbocycles. The molecule has 0 heterocycles. The summed E-state index contributed by atoms with van der Waals surface area (Å²) in [4.78, 5) is 12.6. The van der Waals surface area contributed by atoms with E-state index in [0.717, 1.165) is 35.8 Å². The van der Waals surface area contributed by atoms with Gasteiger partial charge in [-0.05, 0) is 99.0 Å². The number of fused-ring (bicyclic) bond motifs is 5. The molecular formula is C22H35NO. The molecule has 0 amide bonds. The van der Waals surface area contributed by atoms with Gasteiger partial charge in [-0.2, -0.15) is 0 Å². The van der Waals surface area contributed by atoms with Gasteiger partial charge in [-0.25, -0.2) is 0 Å². The molecule has 1 unspecified atom stereocenters. The van der Waals surface area contributed by atoms with Crippen molar-refractivity contribution in [2.45, 2.75) is 78.2 Å². The number of allylic oxidation sites excluding steroid dienone is 2. The first-order valence-electron chi connectivity index (χ1n) is 10.3. The highest BCUT2D eigenvalue weighted by Gasteiger charge is 2.60. The van der Waals surface area contributed by atoms with Gasteiger partial charge in [-0.1, -0.05) is 19.9 Å². The number of hydrogen-bond donors (Lipinski definition) is 1. The predicted molar refractivity (Wildman–Crippen MR) is 98.7 cm³/mol. The van der Waals surface area contributed by atoms with Crippen molar-refractivity contribution in [3.05, 3.63) is 11.6 Å². The molecule has 2 nitrogen and oxygen atoms in total. The van der Waals surface area contributed by atoms with Crippen molar-refractivity contribution in [2.75, 3.05) is 7.05 Å². The fourth-order valence-corrected chi connectivity index (χ4v) is 7.67. The number of rotatable bonds is 1. The highest BCUT2D eigenvalue weighted by molar-refractivity contribution is 5.99. The van der Waals surface area contributed by atoms with Crippen molar-refractivity contribution < 1.29 is 4.79 Å². The van der Waals surface area contributed by atoms with Crippen molar-refractivity contribution in [3.63, 3.8) is 0 Å². The minimum absolute atomic E-state index is 0.179.